The minimum atomic E-state index is -0.477. The molecule has 0 radical (unpaired) electrons. The molecule has 1 aromatic heterocycles. The maximum absolute atomic E-state index is 12.9. The van der Waals surface area contributed by atoms with Crippen LogP contribution in [-0.2, 0) is 0 Å². The van der Waals surface area contributed by atoms with Crippen molar-refractivity contribution >= 4 is 23.5 Å². The zero-order valence-corrected chi connectivity index (χ0v) is 11.4. The first-order valence-corrected chi connectivity index (χ1v) is 6.15. The van der Waals surface area contributed by atoms with E-state index in [2.05, 4.69) is 4.98 Å². The Kier molecular flexibility index (Phi) is 4.48. The molecule has 20 heavy (non-hydrogen) atoms. The van der Waals surface area contributed by atoms with E-state index in [1.807, 2.05) is 0 Å². The van der Waals surface area contributed by atoms with E-state index < -0.39 is 5.82 Å². The average molecular weight is 292 g/mol. The topological polar surface area (TPSA) is 39.2 Å². The average Bonchev–Trinajstić information content (AvgIpc) is 2.45. The van der Waals surface area contributed by atoms with Crippen molar-refractivity contribution in [1.29, 1.82) is 0 Å². The predicted octanol–water partition coefficient (Wildman–Crippen LogP) is 3.78. The van der Waals surface area contributed by atoms with E-state index in [9.17, 15) is 9.18 Å². The van der Waals surface area contributed by atoms with Crippen LogP contribution in [0.1, 0.15) is 15.9 Å². The lowest BCUT2D eigenvalue weighted by Gasteiger charge is -2.00. The number of nitrogens with zero attached hydrogens (tertiary/aromatic N) is 1. The van der Waals surface area contributed by atoms with Gasteiger partial charge in [-0.25, -0.2) is 9.37 Å². The summed E-state index contributed by atoms with van der Waals surface area (Å²) in [6.07, 6.45) is 4.55. The quantitative estimate of drug-likeness (QED) is 0.636. The van der Waals surface area contributed by atoms with Gasteiger partial charge in [-0.15, -0.1) is 0 Å². The van der Waals surface area contributed by atoms with E-state index in [-0.39, 0.29) is 16.4 Å². The minimum absolute atomic E-state index is 0.0903. The summed E-state index contributed by atoms with van der Waals surface area (Å²) in [7, 11) is 1.53. The van der Waals surface area contributed by atoms with Crippen molar-refractivity contribution in [2.24, 2.45) is 0 Å². The molecule has 0 aliphatic carbocycles. The number of benzene rings is 1. The van der Waals surface area contributed by atoms with Crippen molar-refractivity contribution in [3.05, 3.63) is 64.6 Å². The van der Waals surface area contributed by atoms with Crippen LogP contribution in [0.4, 0.5) is 4.39 Å². The molecule has 2 aromatic rings. The van der Waals surface area contributed by atoms with Crippen molar-refractivity contribution in [2.75, 3.05) is 7.11 Å². The Hall–Kier alpha value is -2.20. The van der Waals surface area contributed by atoms with Crippen LogP contribution in [0.2, 0.25) is 5.02 Å². The van der Waals surface area contributed by atoms with Gasteiger partial charge >= 0.3 is 0 Å². The molecule has 0 N–H and O–H groups in total. The smallest absolute Gasteiger partial charge is 0.212 e. The van der Waals surface area contributed by atoms with E-state index in [0.29, 0.717) is 5.88 Å². The van der Waals surface area contributed by atoms with Gasteiger partial charge < -0.3 is 4.74 Å². The lowest BCUT2D eigenvalue weighted by atomic mass is 10.1. The number of ketones is 1. The van der Waals surface area contributed by atoms with Gasteiger partial charge in [-0.3, -0.25) is 4.79 Å². The number of carbonyl (C=O) groups excluding carboxylic acids is 1. The molecule has 0 aliphatic heterocycles. The number of halogens is 2. The van der Waals surface area contributed by atoms with Crippen LogP contribution in [0, 0.1) is 5.82 Å². The van der Waals surface area contributed by atoms with Gasteiger partial charge in [-0.05, 0) is 42.0 Å². The number of hydrogen-bond donors (Lipinski definition) is 0. The van der Waals surface area contributed by atoms with E-state index >= 15 is 0 Å². The highest BCUT2D eigenvalue weighted by atomic mass is 35.5. The van der Waals surface area contributed by atoms with Gasteiger partial charge in [0.2, 0.25) is 5.88 Å². The Morgan fingerprint density at radius 3 is 2.75 bits per heavy atom. The highest BCUT2D eigenvalue weighted by molar-refractivity contribution is 6.34. The highest BCUT2D eigenvalue weighted by Crippen LogP contribution is 2.18. The Bertz CT molecular complexity index is 653. The summed E-state index contributed by atoms with van der Waals surface area (Å²) in [5.74, 6) is -0.282. The van der Waals surface area contributed by atoms with Crippen molar-refractivity contribution in [3.8, 4) is 5.88 Å². The first-order chi connectivity index (χ1) is 9.60. The molecule has 1 aromatic carbocycles. The van der Waals surface area contributed by atoms with Gasteiger partial charge in [0.25, 0.3) is 0 Å². The van der Waals surface area contributed by atoms with Crippen LogP contribution in [0.15, 0.2) is 42.6 Å². The molecule has 102 valence electrons. The third-order valence-electron chi connectivity index (χ3n) is 2.59. The molecule has 0 fully saturated rings. The molecular formula is C15H11ClFNO2. The largest absolute Gasteiger partial charge is 0.481 e. The maximum Gasteiger partial charge on any atom is 0.212 e. The monoisotopic (exact) mass is 291 g/mol. The third-order valence-corrected chi connectivity index (χ3v) is 2.90. The summed E-state index contributed by atoms with van der Waals surface area (Å²) in [5.41, 5.74) is 1.00. The normalized spacial score (nSPS) is 10.8. The van der Waals surface area contributed by atoms with Gasteiger partial charge in [0.15, 0.2) is 5.78 Å². The van der Waals surface area contributed by atoms with Crippen molar-refractivity contribution in [1.82, 2.24) is 4.98 Å². The first kappa shape index (κ1) is 14.2. The van der Waals surface area contributed by atoms with Crippen LogP contribution in [0.5, 0.6) is 5.88 Å². The minimum Gasteiger partial charge on any atom is -0.481 e. The van der Waals surface area contributed by atoms with Crippen LogP contribution in [0.3, 0.4) is 0 Å². The van der Waals surface area contributed by atoms with Gasteiger partial charge in [-0.2, -0.15) is 0 Å². The second kappa shape index (κ2) is 6.30. The predicted molar refractivity (Wildman–Crippen MR) is 75.6 cm³/mol. The molecule has 0 saturated carbocycles. The van der Waals surface area contributed by atoms with Crippen molar-refractivity contribution < 1.29 is 13.9 Å². The zero-order chi connectivity index (χ0) is 14.5. The van der Waals surface area contributed by atoms with E-state index in [0.717, 1.165) is 11.6 Å². The summed E-state index contributed by atoms with van der Waals surface area (Å²) < 4.78 is 17.8. The van der Waals surface area contributed by atoms with Crippen LogP contribution >= 0.6 is 11.6 Å². The molecule has 2 rings (SSSR count). The Labute approximate surface area is 120 Å². The second-order valence-electron chi connectivity index (χ2n) is 3.96. The Morgan fingerprint density at radius 1 is 1.35 bits per heavy atom. The standard InChI is InChI=1S/C15H11ClFNO2/c1-20-15-7-3-10(9-18-15)2-6-14(19)12-5-4-11(17)8-13(12)16/h2-9H,1H3. The molecule has 0 amide bonds. The third kappa shape index (κ3) is 3.42. The fourth-order valence-electron chi connectivity index (χ4n) is 1.56. The summed E-state index contributed by atoms with van der Waals surface area (Å²) in [4.78, 5) is 16.0. The van der Waals surface area contributed by atoms with Crippen molar-refractivity contribution in [2.45, 2.75) is 0 Å². The number of carbonyl (C=O) groups is 1. The van der Waals surface area contributed by atoms with Crippen molar-refractivity contribution in [3.63, 3.8) is 0 Å². The summed E-state index contributed by atoms with van der Waals surface area (Å²) in [6, 6.07) is 7.12. The molecule has 0 unspecified atom stereocenters. The van der Waals surface area contributed by atoms with Crippen LogP contribution in [0.25, 0.3) is 6.08 Å². The number of methoxy groups -OCH3 is 1. The molecule has 5 heteroatoms. The number of pyridine rings is 1. The summed E-state index contributed by atoms with van der Waals surface area (Å²) in [6.45, 7) is 0. The number of hydrogen-bond acceptors (Lipinski definition) is 3. The highest BCUT2D eigenvalue weighted by Gasteiger charge is 2.08. The van der Waals surface area contributed by atoms with Gasteiger partial charge in [0.1, 0.15) is 5.82 Å². The lowest BCUT2D eigenvalue weighted by Crippen LogP contribution is -1.96. The number of ether oxygens (including phenoxy) is 1. The molecule has 0 saturated heterocycles. The number of rotatable bonds is 4. The summed E-state index contributed by atoms with van der Waals surface area (Å²) >= 11 is 5.82. The Balaban J connectivity index is 2.15. The number of allylic oxidation sites excluding steroid dienone is 1. The molecule has 0 aliphatic rings. The summed E-state index contributed by atoms with van der Waals surface area (Å²) in [5, 5.41) is 0.0903. The molecule has 0 bridgehead atoms. The fourth-order valence-corrected chi connectivity index (χ4v) is 1.82. The zero-order valence-electron chi connectivity index (χ0n) is 10.6. The first-order valence-electron chi connectivity index (χ1n) is 5.77. The Morgan fingerprint density at radius 2 is 2.15 bits per heavy atom. The lowest BCUT2D eigenvalue weighted by molar-refractivity contribution is 0.104. The van der Waals surface area contributed by atoms with Gasteiger partial charge in [-0.1, -0.05) is 11.6 Å². The van der Waals surface area contributed by atoms with E-state index in [1.165, 1.54) is 25.3 Å². The molecule has 0 spiro atoms. The molecule has 0 atom stereocenters. The number of aromatic nitrogens is 1. The molecule has 1 heterocycles. The van der Waals surface area contributed by atoms with Gasteiger partial charge in [0, 0.05) is 17.8 Å². The van der Waals surface area contributed by atoms with E-state index in [1.54, 1.807) is 24.4 Å². The van der Waals surface area contributed by atoms with Crippen LogP contribution in [-0.4, -0.2) is 17.9 Å². The molecular weight excluding hydrogens is 281 g/mol. The maximum atomic E-state index is 12.9. The van der Waals surface area contributed by atoms with E-state index in [4.69, 9.17) is 16.3 Å². The SMILES string of the molecule is COc1ccc(C=CC(=O)c2ccc(F)cc2Cl)cn1. The molecule has 3 nitrogen and oxygen atoms in total. The van der Waals surface area contributed by atoms with Gasteiger partial charge in [0.05, 0.1) is 12.1 Å². The second-order valence-corrected chi connectivity index (χ2v) is 4.36. The fraction of sp³-hybridized carbons (Fsp3) is 0.0667. The van der Waals surface area contributed by atoms with Crippen LogP contribution < -0.4 is 4.74 Å².